The van der Waals surface area contributed by atoms with Crippen LogP contribution in [-0.4, -0.2) is 37.7 Å². The van der Waals surface area contributed by atoms with Gasteiger partial charge >= 0.3 is 0 Å². The van der Waals surface area contributed by atoms with Crippen molar-refractivity contribution in [1.29, 1.82) is 0 Å². The van der Waals surface area contributed by atoms with Crippen LogP contribution in [0.3, 0.4) is 0 Å². The lowest BCUT2D eigenvalue weighted by Gasteiger charge is -2.15. The second-order valence-electron chi connectivity index (χ2n) is 4.91. The summed E-state index contributed by atoms with van der Waals surface area (Å²) in [4.78, 5) is 16.3. The van der Waals surface area contributed by atoms with Crippen LogP contribution in [-0.2, 0) is 23.1 Å². The number of thiazole rings is 1. The summed E-state index contributed by atoms with van der Waals surface area (Å²) in [6, 6.07) is 6.57. The van der Waals surface area contributed by atoms with Crippen LogP contribution in [0.4, 0.5) is 0 Å². The van der Waals surface area contributed by atoms with Crippen molar-refractivity contribution in [2.75, 3.05) is 14.1 Å². The molecule has 24 heavy (non-hydrogen) atoms. The molecule has 0 radical (unpaired) electrons. The fourth-order valence-electron chi connectivity index (χ4n) is 1.87. The number of nitrogens with one attached hydrogen (secondary N) is 1. The van der Waals surface area contributed by atoms with Gasteiger partial charge in [0.25, 0.3) is 5.91 Å². The van der Waals surface area contributed by atoms with E-state index in [0.717, 1.165) is 4.31 Å². The molecule has 0 spiro atoms. The number of halogens is 1. The summed E-state index contributed by atoms with van der Waals surface area (Å²) in [5, 5.41) is 4.98. The van der Waals surface area contributed by atoms with Gasteiger partial charge in [0.2, 0.25) is 10.0 Å². The highest BCUT2D eigenvalue weighted by atomic mass is 35.5. The lowest BCUT2D eigenvalue weighted by molar-refractivity contribution is 0.0946. The molecule has 0 saturated carbocycles. The number of amides is 1. The molecule has 0 unspecified atom stereocenters. The number of nitrogens with zero attached hydrogens (tertiary/aromatic N) is 2. The average Bonchev–Trinajstić information content (AvgIpc) is 3.01. The first kappa shape index (κ1) is 20.5. The Morgan fingerprint density at radius 2 is 2.00 bits per heavy atom. The zero-order valence-corrected chi connectivity index (χ0v) is 15.7. The van der Waals surface area contributed by atoms with E-state index in [0.29, 0.717) is 10.6 Å². The van der Waals surface area contributed by atoms with E-state index >= 15 is 0 Å². The topological polar surface area (TPSA) is 105 Å². The number of benzene rings is 1. The minimum atomic E-state index is -3.57. The Hall–Kier alpha value is -1.52. The Balaban J connectivity index is 0.00000288. The number of rotatable bonds is 6. The minimum absolute atomic E-state index is 0. The lowest BCUT2D eigenvalue weighted by atomic mass is 10.2. The number of nitrogens with two attached hydrogens (primary N) is 1. The number of aromatic nitrogens is 1. The van der Waals surface area contributed by atoms with Gasteiger partial charge in [-0.2, -0.15) is 0 Å². The maximum atomic E-state index is 12.3. The number of hydrogen-bond donors (Lipinski definition) is 2. The Labute approximate surface area is 151 Å². The normalized spacial score (nSPS) is 11.2. The number of hydrogen-bond acceptors (Lipinski definition) is 6. The van der Waals surface area contributed by atoms with Crippen LogP contribution in [0, 0.1) is 0 Å². The van der Waals surface area contributed by atoms with Crippen LogP contribution in [0.5, 0.6) is 0 Å². The van der Waals surface area contributed by atoms with Crippen molar-refractivity contribution in [3.05, 3.63) is 45.9 Å². The standard InChI is InChI=1S/C14H18N4O3S2.ClH/c1-18(2)23(20,21)12-6-4-3-5-10(12)8-16-14(19)11-9-22-13(7-15)17-11;/h3-6,9H,7-8,15H2,1-2H3,(H,16,19);1H. The summed E-state index contributed by atoms with van der Waals surface area (Å²) < 4.78 is 25.7. The van der Waals surface area contributed by atoms with E-state index in [2.05, 4.69) is 10.3 Å². The Kier molecular flexibility index (Phi) is 7.30. The first-order valence-corrected chi connectivity index (χ1v) is 9.11. The van der Waals surface area contributed by atoms with Crippen molar-refractivity contribution in [2.45, 2.75) is 18.0 Å². The van der Waals surface area contributed by atoms with E-state index in [1.807, 2.05) is 0 Å². The highest BCUT2D eigenvalue weighted by molar-refractivity contribution is 7.89. The quantitative estimate of drug-likeness (QED) is 0.771. The van der Waals surface area contributed by atoms with Gasteiger partial charge in [-0.3, -0.25) is 4.79 Å². The summed E-state index contributed by atoms with van der Waals surface area (Å²) >= 11 is 1.31. The van der Waals surface area contributed by atoms with Crippen LogP contribution in [0.1, 0.15) is 21.1 Å². The van der Waals surface area contributed by atoms with Gasteiger partial charge < -0.3 is 11.1 Å². The van der Waals surface area contributed by atoms with Gasteiger partial charge in [-0.1, -0.05) is 18.2 Å². The summed E-state index contributed by atoms with van der Waals surface area (Å²) in [7, 11) is -0.635. The Morgan fingerprint density at radius 1 is 1.33 bits per heavy atom. The molecule has 0 aliphatic heterocycles. The van der Waals surface area contributed by atoms with E-state index in [1.165, 1.54) is 31.5 Å². The molecule has 1 aromatic heterocycles. The van der Waals surface area contributed by atoms with Crippen LogP contribution in [0.2, 0.25) is 0 Å². The molecule has 1 heterocycles. The molecular formula is C14H19ClN4O3S2. The van der Waals surface area contributed by atoms with Crippen molar-refractivity contribution < 1.29 is 13.2 Å². The van der Waals surface area contributed by atoms with E-state index in [1.54, 1.807) is 23.6 Å². The molecule has 132 valence electrons. The van der Waals surface area contributed by atoms with E-state index in [9.17, 15) is 13.2 Å². The van der Waals surface area contributed by atoms with Gasteiger partial charge in [-0.15, -0.1) is 23.7 Å². The molecular weight excluding hydrogens is 372 g/mol. The van der Waals surface area contributed by atoms with Crippen molar-refractivity contribution in [1.82, 2.24) is 14.6 Å². The number of carbonyl (C=O) groups is 1. The van der Waals surface area contributed by atoms with Gasteiger partial charge in [-0.25, -0.2) is 17.7 Å². The predicted molar refractivity (Wildman–Crippen MR) is 95.7 cm³/mol. The summed E-state index contributed by atoms with van der Waals surface area (Å²) in [5.74, 6) is -0.363. The maximum absolute atomic E-state index is 12.3. The second kappa shape index (κ2) is 8.54. The summed E-state index contributed by atoms with van der Waals surface area (Å²) in [6.07, 6.45) is 0. The van der Waals surface area contributed by atoms with Gasteiger partial charge in [0.15, 0.2) is 0 Å². The van der Waals surface area contributed by atoms with Crippen LogP contribution in [0.25, 0.3) is 0 Å². The molecule has 0 aliphatic carbocycles. The molecule has 7 nitrogen and oxygen atoms in total. The first-order chi connectivity index (χ1) is 10.9. The molecule has 0 atom stereocenters. The first-order valence-electron chi connectivity index (χ1n) is 6.79. The maximum Gasteiger partial charge on any atom is 0.271 e. The molecule has 0 aliphatic rings. The van der Waals surface area contributed by atoms with Crippen LogP contribution in [0.15, 0.2) is 34.5 Å². The second-order valence-corrected chi connectivity index (χ2v) is 7.97. The summed E-state index contributed by atoms with van der Waals surface area (Å²) in [6.45, 7) is 0.374. The van der Waals surface area contributed by atoms with Gasteiger partial charge in [0.05, 0.1) is 4.90 Å². The van der Waals surface area contributed by atoms with E-state index in [-0.39, 0.29) is 42.0 Å². The lowest BCUT2D eigenvalue weighted by Crippen LogP contribution is -2.27. The van der Waals surface area contributed by atoms with Gasteiger partial charge in [0.1, 0.15) is 10.7 Å². The largest absolute Gasteiger partial charge is 0.347 e. The monoisotopic (exact) mass is 390 g/mol. The zero-order chi connectivity index (χ0) is 17.0. The van der Waals surface area contributed by atoms with Gasteiger partial charge in [0, 0.05) is 32.6 Å². The molecule has 2 rings (SSSR count). The number of sulfonamides is 1. The SMILES string of the molecule is CN(C)S(=O)(=O)c1ccccc1CNC(=O)c1csc(CN)n1.Cl. The fraction of sp³-hybridized carbons (Fsp3) is 0.286. The van der Waals surface area contributed by atoms with E-state index < -0.39 is 10.0 Å². The summed E-state index contributed by atoms with van der Waals surface area (Å²) in [5.41, 5.74) is 6.27. The van der Waals surface area contributed by atoms with Crippen molar-refractivity contribution >= 4 is 39.7 Å². The smallest absolute Gasteiger partial charge is 0.271 e. The van der Waals surface area contributed by atoms with Crippen LogP contribution >= 0.6 is 23.7 Å². The Bertz CT molecular complexity index is 806. The molecule has 3 N–H and O–H groups in total. The van der Waals surface area contributed by atoms with Crippen molar-refractivity contribution in [3.63, 3.8) is 0 Å². The molecule has 1 amide bonds. The third-order valence-electron chi connectivity index (χ3n) is 3.13. The predicted octanol–water partition coefficient (Wildman–Crippen LogP) is 1.20. The third kappa shape index (κ3) is 4.52. The Morgan fingerprint density at radius 3 is 2.58 bits per heavy atom. The number of carbonyl (C=O) groups excluding carboxylic acids is 1. The molecule has 0 bridgehead atoms. The van der Waals surface area contributed by atoms with E-state index in [4.69, 9.17) is 5.73 Å². The fourth-order valence-corrected chi connectivity index (χ4v) is 3.64. The molecule has 2 aromatic rings. The highest BCUT2D eigenvalue weighted by Gasteiger charge is 2.21. The third-order valence-corrected chi connectivity index (χ3v) is 5.92. The average molecular weight is 391 g/mol. The zero-order valence-electron chi connectivity index (χ0n) is 13.2. The molecule has 0 fully saturated rings. The van der Waals surface area contributed by atoms with Crippen molar-refractivity contribution in [2.24, 2.45) is 5.73 Å². The molecule has 1 aromatic carbocycles. The van der Waals surface area contributed by atoms with Gasteiger partial charge in [-0.05, 0) is 11.6 Å². The minimum Gasteiger partial charge on any atom is -0.347 e. The van der Waals surface area contributed by atoms with Crippen molar-refractivity contribution in [3.8, 4) is 0 Å². The molecule has 0 saturated heterocycles. The molecule has 10 heteroatoms. The van der Waals surface area contributed by atoms with Crippen LogP contribution < -0.4 is 11.1 Å². The highest BCUT2D eigenvalue weighted by Crippen LogP contribution is 2.18.